The fraction of sp³-hybridized carbons (Fsp3) is 0.414. The topological polar surface area (TPSA) is 65.2 Å². The molecule has 1 aliphatic heterocycles. The van der Waals surface area contributed by atoms with Gasteiger partial charge in [0.05, 0.1) is 17.4 Å². The van der Waals surface area contributed by atoms with Gasteiger partial charge in [0, 0.05) is 52.4 Å². The van der Waals surface area contributed by atoms with E-state index in [0.717, 1.165) is 66.6 Å². The molecule has 1 atom stereocenters. The number of nitrogens with zero attached hydrogens (tertiary/aromatic N) is 5. The smallest absolute Gasteiger partial charge is 0.215 e. The standard InChI is InChI=1S/C29H36IN5O2Si/c1-21-14-23(15-24-18-34(32-27(21)24)20-37-12-13-38(2,3)4)26(30)28(36)29-31-16-25-19-33(10-11-35(25)29)17-22-8-6-5-7-9-22/h5-9,14-16,18,26H,10-13,17,19-20H2,1-4H3. The number of imidazole rings is 1. The normalized spacial score (nSPS) is 15.1. The molecule has 0 N–H and O–H groups in total. The number of hydrogen-bond acceptors (Lipinski definition) is 5. The Labute approximate surface area is 239 Å². The summed E-state index contributed by atoms with van der Waals surface area (Å²) in [6, 6.07) is 15.8. The third-order valence-electron chi connectivity index (χ3n) is 7.04. The minimum atomic E-state index is -1.12. The number of carbonyl (C=O) groups is 1. The molecule has 2 aromatic heterocycles. The number of carbonyl (C=O) groups excluding carboxylic acids is 1. The van der Waals surface area contributed by atoms with Gasteiger partial charge in [0.25, 0.3) is 0 Å². The van der Waals surface area contributed by atoms with E-state index in [4.69, 9.17) is 9.84 Å². The van der Waals surface area contributed by atoms with E-state index in [2.05, 4.69) is 100 Å². The summed E-state index contributed by atoms with van der Waals surface area (Å²) >= 11 is 2.26. The summed E-state index contributed by atoms with van der Waals surface area (Å²) in [6.45, 7) is 13.7. The van der Waals surface area contributed by atoms with Crippen molar-refractivity contribution >= 4 is 47.4 Å². The second-order valence-electron chi connectivity index (χ2n) is 11.4. The Bertz CT molecular complexity index is 1430. The maximum Gasteiger partial charge on any atom is 0.215 e. The van der Waals surface area contributed by atoms with Crippen LogP contribution in [0.3, 0.4) is 0 Å². The van der Waals surface area contributed by atoms with Crippen LogP contribution in [-0.4, -0.2) is 51.2 Å². The van der Waals surface area contributed by atoms with Gasteiger partial charge in [0.1, 0.15) is 10.7 Å². The van der Waals surface area contributed by atoms with Gasteiger partial charge in [-0.3, -0.25) is 9.69 Å². The number of fused-ring (bicyclic) bond motifs is 2. The number of ether oxygens (including phenoxy) is 1. The van der Waals surface area contributed by atoms with Gasteiger partial charge < -0.3 is 9.30 Å². The van der Waals surface area contributed by atoms with E-state index < -0.39 is 8.07 Å². The van der Waals surface area contributed by atoms with Crippen LogP contribution in [0.5, 0.6) is 0 Å². The van der Waals surface area contributed by atoms with Crippen molar-refractivity contribution in [3.8, 4) is 0 Å². The summed E-state index contributed by atoms with van der Waals surface area (Å²) < 4.78 is 9.54. The van der Waals surface area contributed by atoms with E-state index in [-0.39, 0.29) is 9.71 Å². The van der Waals surface area contributed by atoms with Crippen LogP contribution in [0.1, 0.15) is 36.9 Å². The third-order valence-corrected chi connectivity index (χ3v) is 10.0. The molecule has 0 aliphatic carbocycles. The minimum Gasteiger partial charge on any atom is -0.360 e. The van der Waals surface area contributed by atoms with Crippen molar-refractivity contribution in [1.82, 2.24) is 24.2 Å². The van der Waals surface area contributed by atoms with Crippen molar-refractivity contribution < 1.29 is 9.53 Å². The van der Waals surface area contributed by atoms with Gasteiger partial charge >= 0.3 is 0 Å². The van der Waals surface area contributed by atoms with Crippen molar-refractivity contribution in [3.63, 3.8) is 0 Å². The lowest BCUT2D eigenvalue weighted by atomic mass is 10.0. The van der Waals surface area contributed by atoms with E-state index in [0.29, 0.717) is 12.6 Å². The number of alkyl halides is 1. The number of hydrogen-bond donors (Lipinski definition) is 0. The van der Waals surface area contributed by atoms with Crippen molar-refractivity contribution in [3.05, 3.63) is 83.1 Å². The summed E-state index contributed by atoms with van der Waals surface area (Å²) in [5.74, 6) is 0.609. The Balaban J connectivity index is 1.27. The molecule has 0 fully saturated rings. The Kier molecular flexibility index (Phi) is 8.18. The number of rotatable bonds is 10. The van der Waals surface area contributed by atoms with Crippen molar-refractivity contribution in [2.75, 3.05) is 13.2 Å². The quantitative estimate of drug-likeness (QED) is 0.0676. The Morgan fingerprint density at radius 2 is 1.95 bits per heavy atom. The zero-order valence-corrected chi connectivity index (χ0v) is 25.8. The monoisotopic (exact) mass is 641 g/mol. The molecule has 0 saturated carbocycles. The summed E-state index contributed by atoms with van der Waals surface area (Å²) in [5.41, 5.74) is 5.40. The van der Waals surface area contributed by atoms with E-state index in [1.54, 1.807) is 0 Å². The molecule has 7 nitrogen and oxygen atoms in total. The summed E-state index contributed by atoms with van der Waals surface area (Å²) in [5, 5.41) is 5.76. The molecule has 9 heteroatoms. The van der Waals surface area contributed by atoms with Gasteiger partial charge in [-0.1, -0.05) is 78.6 Å². The number of halogens is 1. The Hall–Kier alpha value is -2.34. The molecule has 0 bridgehead atoms. The highest BCUT2D eigenvalue weighted by Crippen LogP contribution is 2.32. The minimum absolute atomic E-state index is 0.0502. The first-order valence-corrected chi connectivity index (χ1v) is 18.2. The largest absolute Gasteiger partial charge is 0.360 e. The molecule has 0 amide bonds. The molecular formula is C29H36IN5O2Si. The molecule has 1 aliphatic rings. The predicted molar refractivity (Wildman–Crippen MR) is 162 cm³/mol. The average Bonchev–Trinajstić information content (AvgIpc) is 3.50. The maximum atomic E-state index is 13.6. The number of Topliss-reactive ketones (excluding diaryl/α,β-unsaturated/α-hetero) is 1. The van der Waals surface area contributed by atoms with Gasteiger partial charge in [0.2, 0.25) is 5.78 Å². The van der Waals surface area contributed by atoms with Crippen LogP contribution in [0, 0.1) is 6.92 Å². The van der Waals surface area contributed by atoms with E-state index in [1.165, 1.54) is 5.56 Å². The second kappa shape index (κ2) is 11.4. The lowest BCUT2D eigenvalue weighted by Gasteiger charge is -2.29. The van der Waals surface area contributed by atoms with E-state index in [1.807, 2.05) is 23.1 Å². The molecule has 5 rings (SSSR count). The molecular weight excluding hydrogens is 605 g/mol. The van der Waals surface area contributed by atoms with Crippen molar-refractivity contribution in [1.29, 1.82) is 0 Å². The van der Waals surface area contributed by atoms with Gasteiger partial charge in [-0.2, -0.15) is 5.10 Å². The third kappa shape index (κ3) is 6.27. The van der Waals surface area contributed by atoms with E-state index in [9.17, 15) is 4.79 Å². The van der Waals surface area contributed by atoms with E-state index >= 15 is 0 Å². The molecule has 0 saturated heterocycles. The zero-order chi connectivity index (χ0) is 26.9. The highest BCUT2D eigenvalue weighted by atomic mass is 127. The first-order chi connectivity index (χ1) is 18.2. The average molecular weight is 642 g/mol. The molecule has 1 unspecified atom stereocenters. The van der Waals surface area contributed by atoms with Crippen molar-refractivity contribution in [2.24, 2.45) is 0 Å². The van der Waals surface area contributed by atoms with Crippen LogP contribution in [0.2, 0.25) is 25.7 Å². The fourth-order valence-corrected chi connectivity index (χ4v) is 6.31. The van der Waals surface area contributed by atoms with Crippen LogP contribution in [0.4, 0.5) is 0 Å². The van der Waals surface area contributed by atoms with Crippen LogP contribution in [0.25, 0.3) is 10.9 Å². The Morgan fingerprint density at radius 1 is 1.16 bits per heavy atom. The maximum absolute atomic E-state index is 13.6. The van der Waals surface area contributed by atoms with Crippen LogP contribution in [-0.2, 0) is 31.1 Å². The molecule has 0 spiro atoms. The summed E-state index contributed by atoms with van der Waals surface area (Å²) in [4.78, 5) is 20.6. The summed E-state index contributed by atoms with van der Waals surface area (Å²) in [7, 11) is -1.12. The van der Waals surface area contributed by atoms with Crippen LogP contribution in [0.15, 0.2) is 54.9 Å². The molecule has 200 valence electrons. The van der Waals surface area contributed by atoms with Crippen LogP contribution >= 0.6 is 22.6 Å². The van der Waals surface area contributed by atoms with Crippen molar-refractivity contribution in [2.45, 2.75) is 62.9 Å². The SMILES string of the molecule is Cc1cc(C(I)C(=O)c2ncc3n2CCN(Cc2ccccc2)C3)cc2cn(COCC[Si](C)(C)C)nc12. The number of ketones is 1. The number of aryl methyl sites for hydroxylation is 1. The summed E-state index contributed by atoms with van der Waals surface area (Å²) in [6.07, 6.45) is 3.89. The lowest BCUT2D eigenvalue weighted by molar-refractivity contribution is 0.0791. The van der Waals surface area contributed by atoms with Gasteiger partial charge in [-0.05, 0) is 35.7 Å². The molecule has 0 radical (unpaired) electrons. The van der Waals surface area contributed by atoms with Gasteiger partial charge in [-0.15, -0.1) is 0 Å². The van der Waals surface area contributed by atoms with Gasteiger partial charge in [-0.25, -0.2) is 9.67 Å². The molecule has 3 heterocycles. The number of aromatic nitrogens is 4. The fourth-order valence-electron chi connectivity index (χ4n) is 4.91. The second-order valence-corrected chi connectivity index (χ2v) is 18.3. The molecule has 38 heavy (non-hydrogen) atoms. The molecule has 2 aromatic carbocycles. The lowest BCUT2D eigenvalue weighted by Crippen LogP contribution is -2.34. The predicted octanol–water partition coefficient (Wildman–Crippen LogP) is 6.23. The first kappa shape index (κ1) is 27.2. The highest BCUT2D eigenvalue weighted by molar-refractivity contribution is 14.1. The highest BCUT2D eigenvalue weighted by Gasteiger charge is 2.28. The number of benzene rings is 2. The zero-order valence-electron chi connectivity index (χ0n) is 22.7. The Morgan fingerprint density at radius 3 is 2.71 bits per heavy atom. The van der Waals surface area contributed by atoms with Crippen LogP contribution < -0.4 is 0 Å². The molecule has 4 aromatic rings. The first-order valence-electron chi connectivity index (χ1n) is 13.2. The van der Waals surface area contributed by atoms with Gasteiger partial charge in [0.15, 0.2) is 5.82 Å².